The molecule has 3 aliphatic carbocycles. The second-order valence-electron chi connectivity index (χ2n) is 8.87. The topological polar surface area (TPSA) is 0 Å². The number of allylic oxidation sites excluding steroid dienone is 4. The average Bonchev–Trinajstić information content (AvgIpc) is 3.10. The third-order valence-corrected chi connectivity index (χ3v) is 8.26. The molecular weight excluding hydrogens is 452 g/mol. The predicted octanol–water partition coefficient (Wildman–Crippen LogP) is 8.16. The van der Waals surface area contributed by atoms with Crippen LogP contribution in [0.1, 0.15) is 28.7 Å². The van der Waals surface area contributed by atoms with Crippen LogP contribution in [0.4, 0.5) is 0 Å². The van der Waals surface area contributed by atoms with Crippen molar-refractivity contribution in [3.63, 3.8) is 0 Å². The van der Waals surface area contributed by atoms with Gasteiger partial charge in [0.05, 0.1) is 5.41 Å². The van der Waals surface area contributed by atoms with Gasteiger partial charge in [-0.05, 0) is 62.1 Å². The number of hydrogen-bond donors (Lipinski definition) is 0. The Morgan fingerprint density at radius 2 is 1.00 bits per heavy atom. The SMILES string of the molecule is BrC1CC=CC2=C1c1ccccc1C21c2ccccc2-c2ccccc2-c2ccccc21. The summed E-state index contributed by atoms with van der Waals surface area (Å²) in [6.45, 7) is 0. The molecule has 0 amide bonds. The third kappa shape index (κ3) is 2.17. The Morgan fingerprint density at radius 1 is 0.562 bits per heavy atom. The number of hydrogen-bond acceptors (Lipinski definition) is 0. The number of fused-ring (bicyclic) bond motifs is 11. The third-order valence-electron chi connectivity index (χ3n) is 7.43. The molecule has 1 unspecified atom stereocenters. The molecule has 0 radical (unpaired) electrons. The molecule has 32 heavy (non-hydrogen) atoms. The van der Waals surface area contributed by atoms with Gasteiger partial charge in [-0.2, -0.15) is 0 Å². The fourth-order valence-corrected chi connectivity index (χ4v) is 6.99. The van der Waals surface area contributed by atoms with E-state index in [1.165, 1.54) is 55.7 Å². The van der Waals surface area contributed by atoms with Crippen molar-refractivity contribution in [2.75, 3.05) is 0 Å². The molecule has 0 nitrogen and oxygen atoms in total. The normalized spacial score (nSPS) is 19.0. The first kappa shape index (κ1) is 18.4. The van der Waals surface area contributed by atoms with E-state index in [0.717, 1.165) is 6.42 Å². The van der Waals surface area contributed by atoms with Gasteiger partial charge in [0.25, 0.3) is 0 Å². The zero-order valence-electron chi connectivity index (χ0n) is 17.6. The van der Waals surface area contributed by atoms with Crippen molar-refractivity contribution < 1.29 is 0 Å². The van der Waals surface area contributed by atoms with E-state index in [4.69, 9.17) is 0 Å². The van der Waals surface area contributed by atoms with Gasteiger partial charge >= 0.3 is 0 Å². The number of benzene rings is 4. The molecule has 0 fully saturated rings. The van der Waals surface area contributed by atoms with E-state index >= 15 is 0 Å². The highest BCUT2D eigenvalue weighted by atomic mass is 79.9. The van der Waals surface area contributed by atoms with E-state index in [9.17, 15) is 0 Å². The molecule has 0 N–H and O–H groups in total. The summed E-state index contributed by atoms with van der Waals surface area (Å²) in [5, 5.41) is 0. The summed E-state index contributed by atoms with van der Waals surface area (Å²) < 4.78 is 0. The Morgan fingerprint density at radius 3 is 1.56 bits per heavy atom. The summed E-state index contributed by atoms with van der Waals surface area (Å²) in [4.78, 5) is 0.327. The monoisotopic (exact) mass is 472 g/mol. The molecular formula is C31H21Br. The first-order valence-electron chi connectivity index (χ1n) is 11.3. The van der Waals surface area contributed by atoms with Gasteiger partial charge in [0.15, 0.2) is 0 Å². The highest BCUT2D eigenvalue weighted by Gasteiger charge is 2.51. The number of halogens is 1. The van der Waals surface area contributed by atoms with Crippen molar-refractivity contribution >= 4 is 21.5 Å². The van der Waals surface area contributed by atoms with Crippen molar-refractivity contribution in [2.45, 2.75) is 16.7 Å². The predicted molar refractivity (Wildman–Crippen MR) is 137 cm³/mol. The van der Waals surface area contributed by atoms with Crippen LogP contribution in [0.2, 0.25) is 0 Å². The van der Waals surface area contributed by atoms with Crippen LogP contribution in [-0.4, -0.2) is 4.83 Å². The lowest BCUT2D eigenvalue weighted by atomic mass is 9.64. The maximum absolute atomic E-state index is 4.03. The van der Waals surface area contributed by atoms with Crippen molar-refractivity contribution in [3.05, 3.63) is 137 Å². The van der Waals surface area contributed by atoms with E-state index in [1.807, 2.05) is 0 Å². The quantitative estimate of drug-likeness (QED) is 0.226. The summed E-state index contributed by atoms with van der Waals surface area (Å²) >= 11 is 4.03. The van der Waals surface area contributed by atoms with Gasteiger partial charge in [-0.15, -0.1) is 0 Å². The first-order chi connectivity index (χ1) is 15.8. The van der Waals surface area contributed by atoms with Gasteiger partial charge in [-0.25, -0.2) is 0 Å². The number of alkyl halides is 1. The molecule has 0 aromatic heterocycles. The van der Waals surface area contributed by atoms with E-state index in [2.05, 4.69) is 125 Å². The van der Waals surface area contributed by atoms with Crippen molar-refractivity contribution in [1.82, 2.24) is 0 Å². The summed E-state index contributed by atoms with van der Waals surface area (Å²) in [6, 6.07) is 36.0. The Hall–Kier alpha value is -3.16. The molecule has 0 bridgehead atoms. The lowest BCUT2D eigenvalue weighted by Gasteiger charge is -2.37. The molecule has 1 heteroatoms. The van der Waals surface area contributed by atoms with Crippen molar-refractivity contribution in [2.24, 2.45) is 0 Å². The standard InChI is InChI=1S/C31H21Br/c32-29-19-9-18-28-30(29)24-14-5-8-17-27(24)31(28)25-15-6-3-12-22(25)20-10-1-2-11-21(20)23-13-4-7-16-26(23)31/h1-18,29H,19H2. The van der Waals surface area contributed by atoms with E-state index in [-0.39, 0.29) is 5.41 Å². The average molecular weight is 473 g/mol. The van der Waals surface area contributed by atoms with Crippen LogP contribution in [0.5, 0.6) is 0 Å². The van der Waals surface area contributed by atoms with E-state index < -0.39 is 0 Å². The fraction of sp³-hybridized carbons (Fsp3) is 0.0968. The summed E-state index contributed by atoms with van der Waals surface area (Å²) in [5.41, 5.74) is 13.3. The Balaban J connectivity index is 1.75. The summed E-state index contributed by atoms with van der Waals surface area (Å²) in [5.74, 6) is 0. The second-order valence-corrected chi connectivity index (χ2v) is 9.97. The van der Waals surface area contributed by atoms with Crippen molar-refractivity contribution in [3.8, 4) is 22.3 Å². The van der Waals surface area contributed by atoms with Crippen LogP contribution < -0.4 is 0 Å². The molecule has 3 aliphatic rings. The number of rotatable bonds is 0. The van der Waals surface area contributed by atoms with E-state index in [1.54, 1.807) is 0 Å². The minimum absolute atomic E-state index is 0.327. The largest absolute Gasteiger partial charge is 0.0835 e. The Bertz CT molecular complexity index is 1400. The molecule has 0 saturated carbocycles. The van der Waals surface area contributed by atoms with Gasteiger partial charge in [0.2, 0.25) is 0 Å². The van der Waals surface area contributed by atoms with Crippen LogP contribution in [-0.2, 0) is 5.41 Å². The van der Waals surface area contributed by atoms with Gasteiger partial charge in [0, 0.05) is 4.83 Å². The van der Waals surface area contributed by atoms with Gasteiger partial charge in [0.1, 0.15) is 0 Å². The van der Waals surface area contributed by atoms with Crippen molar-refractivity contribution in [1.29, 1.82) is 0 Å². The highest BCUT2D eigenvalue weighted by Crippen LogP contribution is 2.62. The zero-order chi connectivity index (χ0) is 21.3. The summed E-state index contributed by atoms with van der Waals surface area (Å²) in [6.07, 6.45) is 5.76. The fourth-order valence-electron chi connectivity index (χ4n) is 6.28. The Kier molecular flexibility index (Phi) is 3.84. The molecule has 4 aromatic rings. The molecule has 7 rings (SSSR count). The van der Waals surface area contributed by atoms with Crippen LogP contribution in [0.15, 0.2) is 115 Å². The van der Waals surface area contributed by atoms with Crippen LogP contribution in [0.25, 0.3) is 27.8 Å². The molecule has 0 saturated heterocycles. The van der Waals surface area contributed by atoms with Gasteiger partial charge < -0.3 is 0 Å². The maximum atomic E-state index is 4.03. The Labute approximate surface area is 197 Å². The molecule has 0 heterocycles. The smallest absolute Gasteiger partial charge is 0.0722 e. The van der Waals surface area contributed by atoms with Crippen LogP contribution in [0, 0.1) is 0 Å². The molecule has 152 valence electrons. The zero-order valence-corrected chi connectivity index (χ0v) is 19.1. The lowest BCUT2D eigenvalue weighted by molar-refractivity contribution is 0.764. The molecule has 0 aliphatic heterocycles. The minimum Gasteiger partial charge on any atom is -0.0835 e. The first-order valence-corrected chi connectivity index (χ1v) is 12.2. The summed E-state index contributed by atoms with van der Waals surface area (Å²) in [7, 11) is 0. The lowest BCUT2D eigenvalue weighted by Crippen LogP contribution is -2.30. The van der Waals surface area contributed by atoms with E-state index in [0.29, 0.717) is 4.83 Å². The van der Waals surface area contributed by atoms with Crippen LogP contribution >= 0.6 is 15.9 Å². The maximum Gasteiger partial charge on any atom is 0.0722 e. The molecule has 1 spiro atoms. The highest BCUT2D eigenvalue weighted by molar-refractivity contribution is 9.09. The minimum atomic E-state index is -0.332. The molecule has 1 atom stereocenters. The van der Waals surface area contributed by atoms with Gasteiger partial charge in [-0.3, -0.25) is 0 Å². The van der Waals surface area contributed by atoms with Crippen LogP contribution in [0.3, 0.4) is 0 Å². The molecule has 4 aromatic carbocycles. The second kappa shape index (κ2) is 6.67. The van der Waals surface area contributed by atoms with Gasteiger partial charge in [-0.1, -0.05) is 125 Å².